The van der Waals surface area contributed by atoms with E-state index in [4.69, 9.17) is 9.15 Å². The predicted molar refractivity (Wildman–Crippen MR) is 131 cm³/mol. The lowest BCUT2D eigenvalue weighted by molar-refractivity contribution is 0.0994. The second-order valence-corrected chi connectivity index (χ2v) is 8.39. The molecule has 5 aromatic rings. The van der Waals surface area contributed by atoms with Crippen molar-refractivity contribution in [1.82, 2.24) is 4.57 Å². The number of amides is 1. The van der Waals surface area contributed by atoms with Crippen molar-refractivity contribution in [2.45, 2.75) is 13.5 Å². The predicted octanol–water partition coefficient (Wildman–Crippen LogP) is 5.29. The van der Waals surface area contributed by atoms with E-state index in [9.17, 15) is 9.59 Å². The van der Waals surface area contributed by atoms with Crippen molar-refractivity contribution in [1.29, 1.82) is 0 Å². The molecule has 3 aromatic carbocycles. The second kappa shape index (κ2) is 8.52. The minimum absolute atomic E-state index is 0.105. The summed E-state index contributed by atoms with van der Waals surface area (Å²) in [5.41, 5.74) is 0.456. The summed E-state index contributed by atoms with van der Waals surface area (Å²) < 4.78 is 14.0. The Kier molecular flexibility index (Phi) is 5.40. The first-order valence-electron chi connectivity index (χ1n) is 10.5. The highest BCUT2D eigenvalue weighted by Crippen LogP contribution is 2.28. The number of thiazole rings is 1. The van der Waals surface area contributed by atoms with E-state index in [0.29, 0.717) is 34.7 Å². The number of carbonyl (C=O) groups is 1. The largest absolute Gasteiger partial charge is 0.492 e. The maximum atomic E-state index is 13.2. The third-order valence-electron chi connectivity index (χ3n) is 5.35. The molecule has 0 saturated heterocycles. The smallest absolute Gasteiger partial charge is 0.349 e. The van der Waals surface area contributed by atoms with Crippen molar-refractivity contribution in [2.75, 3.05) is 6.61 Å². The molecule has 0 bridgehead atoms. The first kappa shape index (κ1) is 20.9. The van der Waals surface area contributed by atoms with Crippen molar-refractivity contribution < 1.29 is 13.9 Å². The molecule has 7 heteroatoms. The first-order chi connectivity index (χ1) is 16.1. The van der Waals surface area contributed by atoms with Gasteiger partial charge in [-0.1, -0.05) is 53.8 Å². The Bertz CT molecular complexity index is 1670. The van der Waals surface area contributed by atoms with Gasteiger partial charge in [0.05, 0.1) is 11.3 Å². The molecule has 2 heterocycles. The van der Waals surface area contributed by atoms with Crippen LogP contribution in [0.4, 0.5) is 0 Å². The van der Waals surface area contributed by atoms with Gasteiger partial charge in [0, 0.05) is 11.9 Å². The lowest BCUT2D eigenvalue weighted by atomic mass is 10.0. The number of rotatable bonds is 5. The zero-order valence-corrected chi connectivity index (χ0v) is 18.7. The summed E-state index contributed by atoms with van der Waals surface area (Å²) in [6.45, 7) is 6.69. The average molecular weight is 457 g/mol. The lowest BCUT2D eigenvalue weighted by Gasteiger charge is -2.08. The highest BCUT2D eigenvalue weighted by molar-refractivity contribution is 7.16. The Morgan fingerprint density at radius 1 is 1.15 bits per heavy atom. The van der Waals surface area contributed by atoms with Crippen LogP contribution >= 0.6 is 11.3 Å². The van der Waals surface area contributed by atoms with Crippen LogP contribution in [0, 0.1) is 0 Å². The number of hydrogen-bond acceptors (Lipinski definition) is 5. The second-order valence-electron chi connectivity index (χ2n) is 7.38. The number of para-hydroxylation sites is 1. The van der Waals surface area contributed by atoms with E-state index < -0.39 is 11.5 Å². The number of carbonyl (C=O) groups excluding carboxylic acids is 1. The Labute approximate surface area is 192 Å². The molecule has 0 fully saturated rings. The summed E-state index contributed by atoms with van der Waals surface area (Å²) >= 11 is 1.35. The Hall–Kier alpha value is -3.97. The molecule has 5 rings (SSSR count). The molecular weight excluding hydrogens is 436 g/mol. The summed E-state index contributed by atoms with van der Waals surface area (Å²) in [4.78, 5) is 30.6. The molecule has 33 heavy (non-hydrogen) atoms. The highest BCUT2D eigenvalue weighted by Gasteiger charge is 2.17. The van der Waals surface area contributed by atoms with Crippen LogP contribution in [-0.4, -0.2) is 17.1 Å². The van der Waals surface area contributed by atoms with Crippen molar-refractivity contribution in [2.24, 2.45) is 4.99 Å². The van der Waals surface area contributed by atoms with Gasteiger partial charge in [0.25, 0.3) is 5.91 Å². The normalized spacial score (nSPS) is 12.0. The van der Waals surface area contributed by atoms with Crippen LogP contribution in [0.3, 0.4) is 0 Å². The van der Waals surface area contributed by atoms with Crippen molar-refractivity contribution >= 4 is 49.2 Å². The van der Waals surface area contributed by atoms with Crippen LogP contribution in [0.25, 0.3) is 32.0 Å². The average Bonchev–Trinajstić information content (AvgIpc) is 3.16. The number of aromatic nitrogens is 1. The van der Waals surface area contributed by atoms with E-state index in [-0.39, 0.29) is 5.56 Å². The monoisotopic (exact) mass is 456 g/mol. The van der Waals surface area contributed by atoms with Crippen LogP contribution in [0.5, 0.6) is 5.75 Å². The summed E-state index contributed by atoms with van der Waals surface area (Å²) in [6, 6.07) is 18.7. The van der Waals surface area contributed by atoms with Gasteiger partial charge in [-0.05, 0) is 42.0 Å². The van der Waals surface area contributed by atoms with Crippen molar-refractivity contribution in [3.05, 3.63) is 94.1 Å². The molecule has 0 unspecified atom stereocenters. The molecule has 164 valence electrons. The molecule has 0 atom stereocenters. The minimum atomic E-state index is -0.710. The first-order valence-corrected chi connectivity index (χ1v) is 11.3. The van der Waals surface area contributed by atoms with E-state index in [1.165, 1.54) is 11.3 Å². The van der Waals surface area contributed by atoms with Crippen LogP contribution in [-0.2, 0) is 6.54 Å². The molecule has 0 N–H and O–H groups in total. The number of benzene rings is 3. The Balaban J connectivity index is 1.71. The quantitative estimate of drug-likeness (QED) is 0.205. The fourth-order valence-electron chi connectivity index (χ4n) is 3.92. The molecule has 2 aromatic heterocycles. The Morgan fingerprint density at radius 2 is 2.00 bits per heavy atom. The SMILES string of the molecule is C=CCn1c(=NC(=O)c2cc3c(ccc4ccccc43)oc2=O)sc2cccc(OCC)c21. The van der Waals surface area contributed by atoms with Gasteiger partial charge in [-0.15, -0.1) is 6.58 Å². The van der Waals surface area contributed by atoms with Gasteiger partial charge in [0.15, 0.2) is 4.80 Å². The van der Waals surface area contributed by atoms with E-state index >= 15 is 0 Å². The van der Waals surface area contributed by atoms with Crippen LogP contribution in [0.1, 0.15) is 17.3 Å². The number of hydrogen-bond donors (Lipinski definition) is 0. The van der Waals surface area contributed by atoms with Crippen LogP contribution in [0.2, 0.25) is 0 Å². The molecule has 0 aliphatic rings. The van der Waals surface area contributed by atoms with Crippen LogP contribution in [0.15, 0.2) is 87.5 Å². The fraction of sp³-hybridized carbons (Fsp3) is 0.115. The summed E-state index contributed by atoms with van der Waals surface area (Å²) in [5, 5.41) is 2.59. The van der Waals surface area contributed by atoms with E-state index in [1.807, 2.05) is 60.0 Å². The van der Waals surface area contributed by atoms with Gasteiger partial charge in [-0.2, -0.15) is 4.99 Å². The summed E-state index contributed by atoms with van der Waals surface area (Å²) in [7, 11) is 0. The maximum Gasteiger partial charge on any atom is 0.349 e. The molecule has 6 nitrogen and oxygen atoms in total. The van der Waals surface area contributed by atoms with E-state index in [1.54, 1.807) is 18.2 Å². The number of fused-ring (bicyclic) bond motifs is 4. The number of allylic oxidation sites excluding steroid dienone is 1. The fourth-order valence-corrected chi connectivity index (χ4v) is 4.98. The molecular formula is C26H20N2O4S. The zero-order chi connectivity index (χ0) is 22.9. The van der Waals surface area contributed by atoms with E-state index in [0.717, 1.165) is 21.0 Å². The van der Waals surface area contributed by atoms with Crippen LogP contribution < -0.4 is 15.2 Å². The third-order valence-corrected chi connectivity index (χ3v) is 6.39. The summed E-state index contributed by atoms with van der Waals surface area (Å²) in [6.07, 6.45) is 1.73. The van der Waals surface area contributed by atoms with Gasteiger partial charge in [0.1, 0.15) is 22.4 Å². The van der Waals surface area contributed by atoms with Gasteiger partial charge >= 0.3 is 5.63 Å². The number of nitrogens with zero attached hydrogens (tertiary/aromatic N) is 2. The molecule has 1 amide bonds. The highest BCUT2D eigenvalue weighted by atomic mass is 32.1. The van der Waals surface area contributed by atoms with Gasteiger partial charge in [0.2, 0.25) is 0 Å². The zero-order valence-electron chi connectivity index (χ0n) is 17.9. The number of ether oxygens (including phenoxy) is 1. The topological polar surface area (TPSA) is 73.8 Å². The molecule has 0 aliphatic heterocycles. The molecule has 0 aliphatic carbocycles. The lowest BCUT2D eigenvalue weighted by Crippen LogP contribution is -2.19. The molecule has 0 saturated carbocycles. The van der Waals surface area contributed by atoms with E-state index in [2.05, 4.69) is 11.6 Å². The van der Waals surface area contributed by atoms with Gasteiger partial charge in [-0.3, -0.25) is 4.79 Å². The minimum Gasteiger partial charge on any atom is -0.492 e. The summed E-state index contributed by atoms with van der Waals surface area (Å²) in [5.74, 6) is 0.0552. The standard InChI is InChI=1S/C26H20N2O4S/c1-3-14-28-23-21(31-4-2)10-7-11-22(23)33-26(28)27-24(29)19-15-18-17-9-6-5-8-16(17)12-13-20(18)32-25(19)30/h3,5-13,15H,1,4,14H2,2H3. The third kappa shape index (κ3) is 3.66. The van der Waals surface area contributed by atoms with Crippen molar-refractivity contribution in [3.63, 3.8) is 0 Å². The maximum absolute atomic E-state index is 13.2. The molecule has 0 spiro atoms. The van der Waals surface area contributed by atoms with Crippen molar-refractivity contribution in [3.8, 4) is 5.75 Å². The van der Waals surface area contributed by atoms with Gasteiger partial charge < -0.3 is 13.7 Å². The molecule has 0 radical (unpaired) electrons. The van der Waals surface area contributed by atoms with Gasteiger partial charge in [-0.25, -0.2) is 4.79 Å². The Morgan fingerprint density at radius 3 is 2.82 bits per heavy atom.